The van der Waals surface area contributed by atoms with Crippen LogP contribution in [0.2, 0.25) is 0 Å². The smallest absolute Gasteiger partial charge is 0.301 e. The van der Waals surface area contributed by atoms with Crippen LogP contribution < -0.4 is 5.43 Å². The van der Waals surface area contributed by atoms with Gasteiger partial charge >= 0.3 is 5.69 Å². The van der Waals surface area contributed by atoms with Crippen molar-refractivity contribution in [3.8, 4) is 0 Å². The van der Waals surface area contributed by atoms with Gasteiger partial charge in [-0.3, -0.25) is 25.7 Å². The number of hydrogen-bond donors (Lipinski definition) is 1. The number of benzene rings is 1. The molecule has 1 atom stereocenters. The van der Waals surface area contributed by atoms with Gasteiger partial charge in [-0.1, -0.05) is 0 Å². The largest absolute Gasteiger partial charge is 0.372 e. The molecule has 1 unspecified atom stereocenters. The van der Waals surface area contributed by atoms with Crippen molar-refractivity contribution in [2.24, 2.45) is 5.10 Å². The average Bonchev–Trinajstić information content (AvgIpc) is 2.98. The van der Waals surface area contributed by atoms with Gasteiger partial charge in [-0.2, -0.15) is 5.10 Å². The third-order valence-electron chi connectivity index (χ3n) is 3.33. The maximum Gasteiger partial charge on any atom is 0.301 e. The first-order valence-corrected chi connectivity index (χ1v) is 7.46. The van der Waals surface area contributed by atoms with E-state index in [0.29, 0.717) is 18.9 Å². The fourth-order valence-electron chi connectivity index (χ4n) is 2.18. The minimum absolute atomic E-state index is 0.0566. The van der Waals surface area contributed by atoms with E-state index in [1.54, 1.807) is 0 Å². The molecule has 1 heterocycles. The van der Waals surface area contributed by atoms with Crippen LogP contribution in [0.15, 0.2) is 23.3 Å². The normalized spacial score (nSPS) is 19.0. The predicted octanol–water partition coefficient (Wildman–Crippen LogP) is 3.08. The van der Waals surface area contributed by atoms with Gasteiger partial charge in [-0.25, -0.2) is 0 Å². The predicted molar refractivity (Wildman–Crippen MR) is 85.1 cm³/mol. The van der Waals surface area contributed by atoms with Crippen molar-refractivity contribution < 1.29 is 14.6 Å². The molecule has 0 saturated carbocycles. The molecule has 0 aliphatic carbocycles. The Kier molecular flexibility index (Phi) is 5.83. The molecule has 0 spiro atoms. The SMILES string of the molecule is O=[N+]([O-])c1ccc(N/N=C2\COC(CCCCl)C2)c([N+](=O)[O-])c1. The lowest BCUT2D eigenvalue weighted by molar-refractivity contribution is -0.393. The summed E-state index contributed by atoms with van der Waals surface area (Å²) in [7, 11) is 0. The molecule has 0 radical (unpaired) electrons. The van der Waals surface area contributed by atoms with Crippen LogP contribution in [0.3, 0.4) is 0 Å². The Morgan fingerprint density at radius 1 is 1.35 bits per heavy atom. The third kappa shape index (κ3) is 4.60. The van der Waals surface area contributed by atoms with Crippen LogP contribution in [0.25, 0.3) is 0 Å². The van der Waals surface area contributed by atoms with Crippen molar-refractivity contribution in [1.82, 2.24) is 0 Å². The van der Waals surface area contributed by atoms with E-state index in [2.05, 4.69) is 10.5 Å². The first kappa shape index (κ1) is 17.1. The number of nitrogens with zero attached hydrogens (tertiary/aromatic N) is 3. The monoisotopic (exact) mass is 342 g/mol. The molecule has 10 heteroatoms. The molecule has 1 aliphatic heterocycles. The van der Waals surface area contributed by atoms with E-state index in [0.717, 1.165) is 24.6 Å². The number of ether oxygens (including phenoxy) is 1. The van der Waals surface area contributed by atoms with Crippen LogP contribution in [0, 0.1) is 20.2 Å². The number of hydrogen-bond acceptors (Lipinski definition) is 7. The summed E-state index contributed by atoms with van der Waals surface area (Å²) in [5, 5.41) is 25.8. The molecule has 23 heavy (non-hydrogen) atoms. The Hall–Kier alpha value is -2.26. The number of alkyl halides is 1. The summed E-state index contributed by atoms with van der Waals surface area (Å²) in [6.45, 7) is 0.348. The lowest BCUT2D eigenvalue weighted by Crippen LogP contribution is -2.05. The molecular formula is C13H15ClN4O5. The molecule has 1 N–H and O–H groups in total. The highest BCUT2D eigenvalue weighted by molar-refractivity contribution is 6.17. The van der Waals surface area contributed by atoms with Gasteiger partial charge in [0.05, 0.1) is 34.3 Å². The standard InChI is InChI=1S/C13H15ClN4O5/c14-5-1-2-11-6-9(8-23-11)15-16-12-4-3-10(17(19)20)7-13(12)18(21)22/h3-4,7,11,16H,1-2,5-6,8H2/b15-9-. The van der Waals surface area contributed by atoms with Gasteiger partial charge in [0, 0.05) is 18.4 Å². The van der Waals surface area contributed by atoms with Gasteiger partial charge in [-0.15, -0.1) is 11.6 Å². The minimum atomic E-state index is -0.691. The van der Waals surface area contributed by atoms with Crippen LogP contribution in [-0.2, 0) is 4.74 Å². The van der Waals surface area contributed by atoms with E-state index in [1.165, 1.54) is 12.1 Å². The summed E-state index contributed by atoms with van der Waals surface area (Å²) >= 11 is 5.63. The van der Waals surface area contributed by atoms with Crippen molar-refractivity contribution in [3.05, 3.63) is 38.4 Å². The van der Waals surface area contributed by atoms with Crippen LogP contribution in [-0.4, -0.2) is 34.1 Å². The number of halogens is 1. The van der Waals surface area contributed by atoms with E-state index in [4.69, 9.17) is 16.3 Å². The Morgan fingerprint density at radius 2 is 2.13 bits per heavy atom. The number of anilines is 1. The fraction of sp³-hybridized carbons (Fsp3) is 0.462. The fourth-order valence-corrected chi connectivity index (χ4v) is 2.34. The summed E-state index contributed by atoms with van der Waals surface area (Å²) in [6, 6.07) is 3.35. The van der Waals surface area contributed by atoms with Crippen LogP contribution >= 0.6 is 11.6 Å². The Morgan fingerprint density at radius 3 is 2.78 bits per heavy atom. The highest BCUT2D eigenvalue weighted by Gasteiger charge is 2.22. The second-order valence-corrected chi connectivity index (χ2v) is 5.35. The second-order valence-electron chi connectivity index (χ2n) is 4.97. The van der Waals surface area contributed by atoms with Crippen LogP contribution in [0.5, 0.6) is 0 Å². The van der Waals surface area contributed by atoms with E-state index in [9.17, 15) is 20.2 Å². The number of hydrazone groups is 1. The summed E-state index contributed by atoms with van der Waals surface area (Å²) in [6.07, 6.45) is 2.37. The molecule has 0 aromatic heterocycles. The average molecular weight is 343 g/mol. The molecular weight excluding hydrogens is 328 g/mol. The zero-order valence-electron chi connectivity index (χ0n) is 12.1. The quantitative estimate of drug-likeness (QED) is 0.462. The number of nitro benzene ring substituents is 2. The lowest BCUT2D eigenvalue weighted by atomic mass is 10.1. The molecule has 1 aliphatic rings. The third-order valence-corrected chi connectivity index (χ3v) is 3.60. The molecule has 2 rings (SSSR count). The zero-order valence-corrected chi connectivity index (χ0v) is 12.9. The molecule has 1 saturated heterocycles. The number of nitrogens with one attached hydrogen (secondary N) is 1. The van der Waals surface area contributed by atoms with Crippen molar-refractivity contribution in [1.29, 1.82) is 0 Å². The molecule has 0 amide bonds. The van der Waals surface area contributed by atoms with Gasteiger partial charge < -0.3 is 4.74 Å². The van der Waals surface area contributed by atoms with Crippen molar-refractivity contribution in [2.45, 2.75) is 25.4 Å². The molecule has 0 bridgehead atoms. The van der Waals surface area contributed by atoms with Crippen molar-refractivity contribution in [2.75, 3.05) is 17.9 Å². The highest BCUT2D eigenvalue weighted by atomic mass is 35.5. The van der Waals surface area contributed by atoms with Crippen molar-refractivity contribution >= 4 is 34.4 Å². The Labute approximate surface area is 136 Å². The maximum absolute atomic E-state index is 11.0. The Bertz CT molecular complexity index is 637. The molecule has 9 nitrogen and oxygen atoms in total. The summed E-state index contributed by atoms with van der Waals surface area (Å²) < 4.78 is 5.53. The lowest BCUT2D eigenvalue weighted by Gasteiger charge is -2.05. The van der Waals surface area contributed by atoms with Crippen LogP contribution in [0.1, 0.15) is 19.3 Å². The van der Waals surface area contributed by atoms with E-state index >= 15 is 0 Å². The highest BCUT2D eigenvalue weighted by Crippen LogP contribution is 2.29. The van der Waals surface area contributed by atoms with Gasteiger partial charge in [0.2, 0.25) is 0 Å². The van der Waals surface area contributed by atoms with E-state index < -0.39 is 15.5 Å². The van der Waals surface area contributed by atoms with Gasteiger partial charge in [0.1, 0.15) is 5.69 Å². The maximum atomic E-state index is 11.0. The van der Waals surface area contributed by atoms with E-state index in [1.807, 2.05) is 0 Å². The topological polar surface area (TPSA) is 120 Å². The molecule has 1 aromatic rings. The number of nitro groups is 2. The van der Waals surface area contributed by atoms with Gasteiger partial charge in [-0.05, 0) is 18.9 Å². The molecule has 124 valence electrons. The minimum Gasteiger partial charge on any atom is -0.372 e. The van der Waals surface area contributed by atoms with E-state index in [-0.39, 0.29) is 17.5 Å². The second kappa shape index (κ2) is 7.84. The van der Waals surface area contributed by atoms with Gasteiger partial charge in [0.25, 0.3) is 5.69 Å². The summed E-state index contributed by atoms with van der Waals surface area (Å²) in [4.78, 5) is 20.3. The first-order chi connectivity index (χ1) is 11.0. The summed E-state index contributed by atoms with van der Waals surface area (Å²) in [5.41, 5.74) is 2.68. The van der Waals surface area contributed by atoms with Crippen LogP contribution in [0.4, 0.5) is 17.1 Å². The zero-order chi connectivity index (χ0) is 16.8. The van der Waals surface area contributed by atoms with Crippen molar-refractivity contribution in [3.63, 3.8) is 0 Å². The molecule has 1 aromatic carbocycles. The summed E-state index contributed by atoms with van der Waals surface area (Å²) in [5.74, 6) is 0.569. The Balaban J connectivity index is 2.07. The number of rotatable bonds is 7. The van der Waals surface area contributed by atoms with Gasteiger partial charge in [0.15, 0.2) is 0 Å². The molecule has 1 fully saturated rings. The number of non-ortho nitro benzene ring substituents is 1. The first-order valence-electron chi connectivity index (χ1n) is 6.93.